The van der Waals surface area contributed by atoms with Gasteiger partial charge in [0.2, 0.25) is 10.0 Å². The summed E-state index contributed by atoms with van der Waals surface area (Å²) in [5.74, 6) is -0.110. The highest BCUT2D eigenvalue weighted by Crippen LogP contribution is 2.20. The Labute approximate surface area is 103 Å². The van der Waals surface area contributed by atoms with Crippen molar-refractivity contribution < 1.29 is 21.9 Å². The van der Waals surface area contributed by atoms with E-state index in [0.29, 0.717) is 12.8 Å². The van der Waals surface area contributed by atoms with Crippen molar-refractivity contribution in [3.05, 3.63) is 0 Å². The van der Waals surface area contributed by atoms with E-state index >= 15 is 0 Å². The van der Waals surface area contributed by atoms with E-state index < -0.39 is 25.9 Å². The molecule has 0 amide bonds. The minimum Gasteiger partial charge on any atom is -0.395 e. The molecule has 17 heavy (non-hydrogen) atoms. The smallest absolute Gasteiger partial charge is 0.214 e. The third-order valence-corrected chi connectivity index (χ3v) is 6.63. The van der Waals surface area contributed by atoms with Gasteiger partial charge >= 0.3 is 0 Å². The van der Waals surface area contributed by atoms with Crippen LogP contribution in [0.2, 0.25) is 0 Å². The van der Waals surface area contributed by atoms with Crippen LogP contribution >= 0.6 is 0 Å². The van der Waals surface area contributed by atoms with Crippen molar-refractivity contribution >= 4 is 19.9 Å². The number of sulfone groups is 1. The molecule has 1 aliphatic rings. The van der Waals surface area contributed by atoms with E-state index in [2.05, 4.69) is 0 Å². The molecule has 1 rings (SSSR count). The van der Waals surface area contributed by atoms with Gasteiger partial charge in [0.25, 0.3) is 0 Å². The first-order chi connectivity index (χ1) is 7.82. The van der Waals surface area contributed by atoms with Crippen molar-refractivity contribution in [3.8, 4) is 0 Å². The molecular formula is C9H19NO5S2. The maximum atomic E-state index is 11.9. The molecule has 1 saturated heterocycles. The highest BCUT2D eigenvalue weighted by atomic mass is 32.2. The van der Waals surface area contributed by atoms with Gasteiger partial charge in [-0.2, -0.15) is 4.31 Å². The van der Waals surface area contributed by atoms with Crippen LogP contribution in [-0.4, -0.2) is 62.7 Å². The van der Waals surface area contributed by atoms with Crippen molar-refractivity contribution in [1.82, 2.24) is 4.31 Å². The van der Waals surface area contributed by atoms with Gasteiger partial charge in [-0.05, 0) is 12.8 Å². The third kappa shape index (κ3) is 3.90. The Balaban J connectivity index is 2.87. The first-order valence-corrected chi connectivity index (χ1v) is 9.06. The Morgan fingerprint density at radius 3 is 2.47 bits per heavy atom. The van der Waals surface area contributed by atoms with Crippen molar-refractivity contribution in [2.24, 2.45) is 0 Å². The van der Waals surface area contributed by atoms with Crippen LogP contribution in [0, 0.1) is 0 Å². The summed E-state index contributed by atoms with van der Waals surface area (Å²) in [6.07, 6.45) is 0.801. The number of rotatable bonds is 6. The second kappa shape index (κ2) is 5.64. The Hall–Kier alpha value is -0.180. The van der Waals surface area contributed by atoms with Gasteiger partial charge < -0.3 is 5.11 Å². The Kier molecular flexibility index (Phi) is 4.94. The summed E-state index contributed by atoms with van der Waals surface area (Å²) in [5, 5.41) is 8.90. The summed E-state index contributed by atoms with van der Waals surface area (Å²) >= 11 is 0. The van der Waals surface area contributed by atoms with E-state index in [1.165, 1.54) is 0 Å². The largest absolute Gasteiger partial charge is 0.395 e. The van der Waals surface area contributed by atoms with Crippen molar-refractivity contribution in [1.29, 1.82) is 0 Å². The molecule has 0 aliphatic carbocycles. The van der Waals surface area contributed by atoms with Gasteiger partial charge in [0.05, 0.1) is 23.9 Å². The quantitative estimate of drug-likeness (QED) is 0.690. The summed E-state index contributed by atoms with van der Waals surface area (Å²) in [6.45, 7) is 1.43. The normalized spacial score (nSPS) is 24.3. The molecule has 1 heterocycles. The van der Waals surface area contributed by atoms with Crippen LogP contribution in [0.4, 0.5) is 0 Å². The lowest BCUT2D eigenvalue weighted by Crippen LogP contribution is -2.43. The number of aliphatic hydroxyl groups excluding tert-OH is 1. The number of nitrogens with zero attached hydrogens (tertiary/aromatic N) is 1. The second-order valence-electron chi connectivity index (χ2n) is 4.21. The average Bonchev–Trinajstić information content (AvgIpc) is 2.54. The first kappa shape index (κ1) is 14.9. The van der Waals surface area contributed by atoms with E-state index in [9.17, 15) is 16.8 Å². The maximum absolute atomic E-state index is 11.9. The molecule has 0 spiro atoms. The molecule has 1 aliphatic heterocycles. The van der Waals surface area contributed by atoms with Crippen LogP contribution in [0.25, 0.3) is 0 Å². The predicted molar refractivity (Wildman–Crippen MR) is 64.9 cm³/mol. The standard InChI is InChI=1S/C9H19NO5S2/c1-2-6-17(14,15)10(4-5-11)9-3-7-16(12,13)8-9/h9,11H,2-8H2,1H3. The van der Waals surface area contributed by atoms with Gasteiger partial charge in [-0.15, -0.1) is 0 Å². The first-order valence-electron chi connectivity index (χ1n) is 5.63. The molecule has 1 N–H and O–H groups in total. The lowest BCUT2D eigenvalue weighted by molar-refractivity contribution is 0.232. The van der Waals surface area contributed by atoms with E-state index in [-0.39, 0.29) is 30.4 Å². The van der Waals surface area contributed by atoms with E-state index in [4.69, 9.17) is 5.11 Å². The number of sulfonamides is 1. The van der Waals surface area contributed by atoms with Crippen LogP contribution in [0.5, 0.6) is 0 Å². The summed E-state index contributed by atoms with van der Waals surface area (Å²) in [6, 6.07) is -0.510. The Bertz CT molecular complexity index is 442. The zero-order valence-corrected chi connectivity index (χ0v) is 11.5. The van der Waals surface area contributed by atoms with E-state index in [1.807, 2.05) is 0 Å². The third-order valence-electron chi connectivity index (χ3n) is 2.76. The molecule has 0 aromatic heterocycles. The zero-order chi connectivity index (χ0) is 13.1. The molecule has 8 heteroatoms. The van der Waals surface area contributed by atoms with Crippen LogP contribution in [0.15, 0.2) is 0 Å². The highest BCUT2D eigenvalue weighted by molar-refractivity contribution is 7.92. The molecule has 102 valence electrons. The van der Waals surface area contributed by atoms with Gasteiger partial charge in [0, 0.05) is 12.6 Å². The molecule has 0 saturated carbocycles. The van der Waals surface area contributed by atoms with Crippen molar-refractivity contribution in [3.63, 3.8) is 0 Å². The zero-order valence-electron chi connectivity index (χ0n) is 9.87. The van der Waals surface area contributed by atoms with Gasteiger partial charge in [-0.1, -0.05) is 6.92 Å². The molecule has 0 bridgehead atoms. The van der Waals surface area contributed by atoms with Crippen LogP contribution in [-0.2, 0) is 19.9 Å². The number of hydrogen-bond acceptors (Lipinski definition) is 5. The maximum Gasteiger partial charge on any atom is 0.214 e. The Morgan fingerprint density at radius 1 is 1.41 bits per heavy atom. The fourth-order valence-electron chi connectivity index (χ4n) is 2.03. The minimum absolute atomic E-state index is 0.0104. The van der Waals surface area contributed by atoms with E-state index in [0.717, 1.165) is 4.31 Å². The van der Waals surface area contributed by atoms with Crippen LogP contribution in [0.3, 0.4) is 0 Å². The molecule has 1 unspecified atom stereocenters. The second-order valence-corrected chi connectivity index (χ2v) is 8.48. The predicted octanol–water partition coefficient (Wildman–Crippen LogP) is -0.792. The minimum atomic E-state index is -3.46. The molecule has 1 atom stereocenters. The van der Waals surface area contributed by atoms with Gasteiger partial charge in [-0.25, -0.2) is 16.8 Å². The molecule has 6 nitrogen and oxygen atoms in total. The summed E-state index contributed by atoms with van der Waals surface area (Å²) in [7, 11) is -6.58. The highest BCUT2D eigenvalue weighted by Gasteiger charge is 2.37. The van der Waals surface area contributed by atoms with Crippen molar-refractivity contribution in [2.75, 3.05) is 30.4 Å². The van der Waals surface area contributed by atoms with Gasteiger partial charge in [0.1, 0.15) is 0 Å². The molecule has 1 fully saturated rings. The summed E-state index contributed by atoms with van der Waals surface area (Å²) < 4.78 is 47.7. The molecule has 0 radical (unpaired) electrons. The monoisotopic (exact) mass is 285 g/mol. The average molecular weight is 285 g/mol. The number of hydrogen-bond donors (Lipinski definition) is 1. The molecular weight excluding hydrogens is 266 g/mol. The topological polar surface area (TPSA) is 91.8 Å². The summed E-state index contributed by atoms with van der Waals surface area (Å²) in [5.41, 5.74) is 0. The number of aliphatic hydroxyl groups is 1. The lowest BCUT2D eigenvalue weighted by Gasteiger charge is -2.26. The molecule has 0 aromatic rings. The van der Waals surface area contributed by atoms with Gasteiger partial charge in [-0.3, -0.25) is 0 Å². The summed E-state index contributed by atoms with van der Waals surface area (Å²) in [4.78, 5) is 0. The fraction of sp³-hybridized carbons (Fsp3) is 1.00. The van der Waals surface area contributed by atoms with Crippen LogP contribution < -0.4 is 0 Å². The van der Waals surface area contributed by atoms with Crippen LogP contribution in [0.1, 0.15) is 19.8 Å². The van der Waals surface area contributed by atoms with Gasteiger partial charge in [0.15, 0.2) is 9.84 Å². The SMILES string of the molecule is CCCS(=O)(=O)N(CCO)C1CCS(=O)(=O)C1. The lowest BCUT2D eigenvalue weighted by atomic mass is 10.3. The Morgan fingerprint density at radius 2 is 2.06 bits per heavy atom. The fourth-order valence-corrected chi connectivity index (χ4v) is 5.59. The van der Waals surface area contributed by atoms with E-state index in [1.54, 1.807) is 6.92 Å². The van der Waals surface area contributed by atoms with Crippen molar-refractivity contribution in [2.45, 2.75) is 25.8 Å². The molecule has 0 aromatic carbocycles.